The van der Waals surface area contributed by atoms with Crippen molar-refractivity contribution in [1.29, 1.82) is 0 Å². The first-order valence-corrected chi connectivity index (χ1v) is 12.2. The number of hydrogen-bond acceptors (Lipinski definition) is 5. The average Bonchev–Trinajstić information content (AvgIpc) is 3.32. The number of benzene rings is 3. The zero-order valence-corrected chi connectivity index (χ0v) is 21.2. The van der Waals surface area contributed by atoms with E-state index in [-0.39, 0.29) is 5.91 Å². The zero-order chi connectivity index (χ0) is 24.8. The van der Waals surface area contributed by atoms with Crippen molar-refractivity contribution in [2.45, 2.75) is 20.5 Å². The average molecular weight is 505 g/mol. The summed E-state index contributed by atoms with van der Waals surface area (Å²) >= 11 is 7.33. The summed E-state index contributed by atoms with van der Waals surface area (Å²) in [6.07, 6.45) is 3.20. The summed E-state index contributed by atoms with van der Waals surface area (Å²) in [5.41, 5.74) is 6.06. The van der Waals surface area contributed by atoms with Crippen LogP contribution in [0.1, 0.15) is 22.3 Å². The number of aryl methyl sites for hydroxylation is 2. The Labute approximate surface area is 214 Å². The molecule has 0 saturated heterocycles. The van der Waals surface area contributed by atoms with Gasteiger partial charge in [0.1, 0.15) is 6.61 Å². The van der Waals surface area contributed by atoms with Crippen LogP contribution in [0.5, 0.6) is 11.5 Å². The van der Waals surface area contributed by atoms with E-state index in [2.05, 4.69) is 42.3 Å². The highest BCUT2D eigenvalue weighted by molar-refractivity contribution is 7.14. The van der Waals surface area contributed by atoms with Gasteiger partial charge in [0.2, 0.25) is 5.91 Å². The largest absolute Gasteiger partial charge is 0.493 e. The summed E-state index contributed by atoms with van der Waals surface area (Å²) in [6.45, 7) is 4.50. The van der Waals surface area contributed by atoms with Crippen molar-refractivity contribution in [3.63, 3.8) is 0 Å². The van der Waals surface area contributed by atoms with Crippen LogP contribution in [0.2, 0.25) is 5.02 Å². The molecule has 0 saturated carbocycles. The number of methoxy groups -OCH3 is 1. The predicted molar refractivity (Wildman–Crippen MR) is 143 cm³/mol. The Kier molecular flexibility index (Phi) is 7.85. The zero-order valence-electron chi connectivity index (χ0n) is 19.7. The van der Waals surface area contributed by atoms with Crippen molar-refractivity contribution in [2.75, 3.05) is 12.4 Å². The molecule has 1 amide bonds. The van der Waals surface area contributed by atoms with E-state index >= 15 is 0 Å². The van der Waals surface area contributed by atoms with E-state index in [1.807, 2.05) is 47.8 Å². The number of thiazole rings is 1. The minimum atomic E-state index is -0.256. The molecule has 0 bridgehead atoms. The lowest BCUT2D eigenvalue weighted by molar-refractivity contribution is -0.111. The summed E-state index contributed by atoms with van der Waals surface area (Å²) in [6, 6.07) is 19.2. The van der Waals surface area contributed by atoms with Crippen molar-refractivity contribution in [3.8, 4) is 22.8 Å². The number of ether oxygens (including phenoxy) is 2. The molecule has 4 rings (SSSR count). The second kappa shape index (κ2) is 11.2. The molecule has 1 N–H and O–H groups in total. The molecule has 3 aromatic carbocycles. The lowest BCUT2D eigenvalue weighted by atomic mass is 10.0. The van der Waals surface area contributed by atoms with E-state index in [1.54, 1.807) is 13.2 Å². The Bertz CT molecular complexity index is 1360. The van der Waals surface area contributed by atoms with Crippen LogP contribution in [-0.2, 0) is 11.4 Å². The number of nitrogens with one attached hydrogen (secondary N) is 1. The highest BCUT2D eigenvalue weighted by Crippen LogP contribution is 2.30. The van der Waals surface area contributed by atoms with Crippen LogP contribution in [-0.4, -0.2) is 18.0 Å². The van der Waals surface area contributed by atoms with E-state index in [1.165, 1.54) is 23.0 Å². The molecule has 7 heteroatoms. The topological polar surface area (TPSA) is 60.5 Å². The van der Waals surface area contributed by atoms with E-state index < -0.39 is 0 Å². The van der Waals surface area contributed by atoms with Crippen LogP contribution in [0, 0.1) is 13.8 Å². The van der Waals surface area contributed by atoms with Gasteiger partial charge in [-0.2, -0.15) is 0 Å². The summed E-state index contributed by atoms with van der Waals surface area (Å²) in [4.78, 5) is 17.0. The van der Waals surface area contributed by atoms with Crippen LogP contribution in [0.4, 0.5) is 5.13 Å². The van der Waals surface area contributed by atoms with Crippen molar-refractivity contribution in [3.05, 3.63) is 99.4 Å². The molecule has 4 aromatic rings. The molecule has 0 spiro atoms. The molecule has 178 valence electrons. The van der Waals surface area contributed by atoms with Gasteiger partial charge < -0.3 is 9.47 Å². The first-order valence-electron chi connectivity index (χ1n) is 11.0. The summed E-state index contributed by atoms with van der Waals surface area (Å²) in [5.74, 6) is 0.944. The SMILES string of the molecule is COc1cc(C=CC(=O)Nc2nc(-c3cc(C)ccc3C)cs2)ccc1OCc1ccc(Cl)cc1. The van der Waals surface area contributed by atoms with Gasteiger partial charge in [0.25, 0.3) is 0 Å². The molecule has 5 nitrogen and oxygen atoms in total. The fourth-order valence-electron chi connectivity index (χ4n) is 3.43. The number of carbonyl (C=O) groups is 1. The maximum atomic E-state index is 12.5. The molecule has 1 aromatic heterocycles. The van der Waals surface area contributed by atoms with Crippen LogP contribution in [0.15, 0.2) is 72.1 Å². The Hall–Kier alpha value is -3.61. The quantitative estimate of drug-likeness (QED) is 0.255. The first kappa shape index (κ1) is 24.5. The van der Waals surface area contributed by atoms with E-state index in [4.69, 9.17) is 21.1 Å². The number of aromatic nitrogens is 1. The van der Waals surface area contributed by atoms with Crippen LogP contribution in [0.25, 0.3) is 17.3 Å². The van der Waals surface area contributed by atoms with Gasteiger partial charge in [0.05, 0.1) is 12.8 Å². The highest BCUT2D eigenvalue weighted by Gasteiger charge is 2.10. The third kappa shape index (κ3) is 6.50. The fourth-order valence-corrected chi connectivity index (χ4v) is 4.27. The molecular formula is C28H25ClN2O3S. The van der Waals surface area contributed by atoms with Gasteiger partial charge in [-0.3, -0.25) is 10.1 Å². The number of anilines is 1. The fraction of sp³-hybridized carbons (Fsp3) is 0.143. The van der Waals surface area contributed by atoms with Gasteiger partial charge in [-0.25, -0.2) is 4.98 Å². The second-order valence-electron chi connectivity index (χ2n) is 8.00. The van der Waals surface area contributed by atoms with Crippen molar-refractivity contribution >= 4 is 40.1 Å². The third-order valence-electron chi connectivity index (χ3n) is 5.33. The Morgan fingerprint density at radius 2 is 1.86 bits per heavy atom. The van der Waals surface area contributed by atoms with Gasteiger partial charge in [-0.1, -0.05) is 47.5 Å². The minimum Gasteiger partial charge on any atom is -0.493 e. The molecule has 0 aliphatic carbocycles. The monoisotopic (exact) mass is 504 g/mol. The number of rotatable bonds is 8. The lowest BCUT2D eigenvalue weighted by Gasteiger charge is -2.11. The normalized spacial score (nSPS) is 11.0. The molecule has 0 aliphatic heterocycles. The summed E-state index contributed by atoms with van der Waals surface area (Å²) in [5, 5.41) is 6.03. The summed E-state index contributed by atoms with van der Waals surface area (Å²) < 4.78 is 11.4. The molecule has 1 heterocycles. The molecule has 0 unspecified atom stereocenters. The molecule has 0 radical (unpaired) electrons. The van der Waals surface area contributed by atoms with Crippen molar-refractivity contribution < 1.29 is 14.3 Å². The molecule has 35 heavy (non-hydrogen) atoms. The number of hydrogen-bond donors (Lipinski definition) is 1. The van der Waals surface area contributed by atoms with Gasteiger partial charge in [-0.15, -0.1) is 11.3 Å². The van der Waals surface area contributed by atoms with E-state index in [9.17, 15) is 4.79 Å². The molecular weight excluding hydrogens is 480 g/mol. The van der Waals surface area contributed by atoms with Gasteiger partial charge in [0, 0.05) is 22.0 Å². The van der Waals surface area contributed by atoms with Crippen LogP contribution in [0.3, 0.4) is 0 Å². The molecule has 0 fully saturated rings. The van der Waals surface area contributed by atoms with Crippen LogP contribution < -0.4 is 14.8 Å². The summed E-state index contributed by atoms with van der Waals surface area (Å²) in [7, 11) is 1.58. The predicted octanol–water partition coefficient (Wildman–Crippen LogP) is 7.32. The third-order valence-corrected chi connectivity index (χ3v) is 6.34. The smallest absolute Gasteiger partial charge is 0.250 e. The van der Waals surface area contributed by atoms with Gasteiger partial charge in [-0.05, 0) is 66.9 Å². The lowest BCUT2D eigenvalue weighted by Crippen LogP contribution is -2.07. The number of amides is 1. The van der Waals surface area contributed by atoms with Crippen molar-refractivity contribution in [1.82, 2.24) is 4.98 Å². The standard InChI is InChI=1S/C28H25ClN2O3S/c1-18-4-5-19(2)23(14-18)24-17-35-28(30-24)31-27(32)13-9-20-8-12-25(26(15-20)33-3)34-16-21-6-10-22(29)11-7-21/h4-15,17H,16H2,1-3H3,(H,30,31,32). The molecule has 0 aliphatic rings. The van der Waals surface area contributed by atoms with E-state index in [0.717, 1.165) is 27.9 Å². The van der Waals surface area contributed by atoms with Gasteiger partial charge in [0.15, 0.2) is 16.6 Å². The first-order chi connectivity index (χ1) is 16.9. The minimum absolute atomic E-state index is 0.256. The number of nitrogens with zero attached hydrogens (tertiary/aromatic N) is 1. The maximum absolute atomic E-state index is 12.5. The van der Waals surface area contributed by atoms with E-state index in [0.29, 0.717) is 28.3 Å². The Morgan fingerprint density at radius 3 is 2.63 bits per heavy atom. The Morgan fingerprint density at radius 1 is 1.06 bits per heavy atom. The van der Waals surface area contributed by atoms with Crippen LogP contribution >= 0.6 is 22.9 Å². The number of halogens is 1. The Balaban J connectivity index is 1.38. The van der Waals surface area contributed by atoms with Crippen molar-refractivity contribution in [2.24, 2.45) is 0 Å². The number of carbonyl (C=O) groups excluding carboxylic acids is 1. The maximum Gasteiger partial charge on any atom is 0.250 e. The molecule has 0 atom stereocenters. The second-order valence-corrected chi connectivity index (χ2v) is 9.30. The highest BCUT2D eigenvalue weighted by atomic mass is 35.5. The van der Waals surface area contributed by atoms with Gasteiger partial charge >= 0.3 is 0 Å².